The fourth-order valence-corrected chi connectivity index (χ4v) is 1.76. The Balaban J connectivity index is 2.13. The molecule has 19 heavy (non-hydrogen) atoms. The molecular formula is C17H19NO. The first-order valence-corrected chi connectivity index (χ1v) is 6.39. The lowest BCUT2D eigenvalue weighted by molar-refractivity contribution is 0.475. The lowest BCUT2D eigenvalue weighted by Crippen LogP contribution is -2.10. The fraction of sp³-hybridized carbons (Fsp3) is 0.235. The molecule has 0 aliphatic heterocycles. The Morgan fingerprint density at radius 1 is 0.895 bits per heavy atom. The molecule has 0 spiro atoms. The summed E-state index contributed by atoms with van der Waals surface area (Å²) >= 11 is 0. The third-order valence-corrected chi connectivity index (χ3v) is 2.99. The van der Waals surface area contributed by atoms with Gasteiger partial charge in [-0.05, 0) is 40.8 Å². The molecule has 0 aliphatic carbocycles. The molecule has 0 amide bonds. The summed E-state index contributed by atoms with van der Waals surface area (Å²) in [5, 5.41) is 9.20. The molecule has 0 saturated heterocycles. The van der Waals surface area contributed by atoms with E-state index < -0.39 is 0 Å². The Kier molecular flexibility index (Phi) is 3.70. The number of hydrogen-bond acceptors (Lipinski definition) is 2. The van der Waals surface area contributed by atoms with Gasteiger partial charge < -0.3 is 5.11 Å². The monoisotopic (exact) mass is 253 g/mol. The topological polar surface area (TPSA) is 32.6 Å². The molecule has 0 unspecified atom stereocenters. The van der Waals surface area contributed by atoms with Gasteiger partial charge in [-0.1, -0.05) is 45.0 Å². The van der Waals surface area contributed by atoms with Crippen LogP contribution in [0.3, 0.4) is 0 Å². The minimum Gasteiger partial charge on any atom is -0.508 e. The average molecular weight is 253 g/mol. The van der Waals surface area contributed by atoms with Crippen LogP contribution in [0, 0.1) is 0 Å². The number of nitrogens with zero attached hydrogens (tertiary/aromatic N) is 1. The first kappa shape index (κ1) is 13.3. The van der Waals surface area contributed by atoms with E-state index in [1.54, 1.807) is 24.3 Å². The minimum atomic E-state index is 0.173. The number of phenols is 1. The highest BCUT2D eigenvalue weighted by atomic mass is 16.3. The van der Waals surface area contributed by atoms with Crippen molar-refractivity contribution in [1.29, 1.82) is 0 Å². The summed E-state index contributed by atoms with van der Waals surface area (Å²) in [6.07, 6.45) is 1.83. The Labute approximate surface area is 114 Å². The van der Waals surface area contributed by atoms with Crippen molar-refractivity contribution in [1.82, 2.24) is 0 Å². The predicted octanol–water partition coefficient (Wildman–Crippen LogP) is 4.44. The molecule has 2 nitrogen and oxygen atoms in total. The Morgan fingerprint density at radius 2 is 1.47 bits per heavy atom. The van der Waals surface area contributed by atoms with Crippen LogP contribution < -0.4 is 0 Å². The Morgan fingerprint density at radius 3 is 2.00 bits per heavy atom. The average Bonchev–Trinajstić information content (AvgIpc) is 2.37. The SMILES string of the molecule is CC(C)(C)c1ccc(C=Nc2ccc(O)cc2)cc1. The minimum absolute atomic E-state index is 0.173. The van der Waals surface area contributed by atoms with Crippen molar-refractivity contribution in [2.24, 2.45) is 4.99 Å². The van der Waals surface area contributed by atoms with E-state index in [-0.39, 0.29) is 11.2 Å². The quantitative estimate of drug-likeness (QED) is 0.788. The number of aromatic hydroxyl groups is 1. The smallest absolute Gasteiger partial charge is 0.115 e. The van der Waals surface area contributed by atoms with Gasteiger partial charge in [0.15, 0.2) is 0 Å². The van der Waals surface area contributed by atoms with E-state index in [9.17, 15) is 5.11 Å². The zero-order valence-electron chi connectivity index (χ0n) is 11.6. The van der Waals surface area contributed by atoms with Crippen LogP contribution in [0.25, 0.3) is 0 Å². The van der Waals surface area contributed by atoms with Crippen molar-refractivity contribution in [3.63, 3.8) is 0 Å². The van der Waals surface area contributed by atoms with Crippen molar-refractivity contribution in [2.75, 3.05) is 0 Å². The molecule has 2 aromatic rings. The van der Waals surface area contributed by atoms with E-state index in [0.29, 0.717) is 0 Å². The lowest BCUT2D eigenvalue weighted by atomic mass is 9.87. The molecule has 0 aliphatic rings. The maximum absolute atomic E-state index is 9.20. The molecule has 2 rings (SSSR count). The van der Waals surface area contributed by atoms with E-state index in [4.69, 9.17) is 0 Å². The van der Waals surface area contributed by atoms with Crippen molar-refractivity contribution in [3.8, 4) is 5.75 Å². The van der Waals surface area contributed by atoms with Crippen LogP contribution in [0.15, 0.2) is 53.5 Å². The van der Waals surface area contributed by atoms with E-state index in [2.05, 4.69) is 50.0 Å². The lowest BCUT2D eigenvalue weighted by Gasteiger charge is -2.18. The van der Waals surface area contributed by atoms with Gasteiger partial charge >= 0.3 is 0 Å². The number of aliphatic imine (C=N–C) groups is 1. The zero-order valence-corrected chi connectivity index (χ0v) is 11.6. The Hall–Kier alpha value is -2.09. The third-order valence-electron chi connectivity index (χ3n) is 2.99. The van der Waals surface area contributed by atoms with Gasteiger partial charge in [-0.15, -0.1) is 0 Å². The zero-order chi connectivity index (χ0) is 13.9. The van der Waals surface area contributed by atoms with E-state index in [0.717, 1.165) is 11.3 Å². The fourth-order valence-electron chi connectivity index (χ4n) is 1.76. The second-order valence-corrected chi connectivity index (χ2v) is 5.65. The van der Waals surface area contributed by atoms with Gasteiger partial charge in [0, 0.05) is 6.21 Å². The van der Waals surface area contributed by atoms with Crippen LogP contribution in [0.4, 0.5) is 5.69 Å². The molecule has 0 radical (unpaired) electrons. The van der Waals surface area contributed by atoms with Crippen LogP contribution in [0.2, 0.25) is 0 Å². The van der Waals surface area contributed by atoms with Crippen LogP contribution in [0.5, 0.6) is 5.75 Å². The second-order valence-electron chi connectivity index (χ2n) is 5.65. The van der Waals surface area contributed by atoms with Crippen molar-refractivity contribution < 1.29 is 5.11 Å². The van der Waals surface area contributed by atoms with E-state index >= 15 is 0 Å². The van der Waals surface area contributed by atoms with Gasteiger partial charge in [0.1, 0.15) is 5.75 Å². The van der Waals surface area contributed by atoms with Crippen LogP contribution in [-0.4, -0.2) is 11.3 Å². The van der Waals surface area contributed by atoms with Gasteiger partial charge in [0.05, 0.1) is 5.69 Å². The number of phenolic OH excluding ortho intramolecular Hbond substituents is 1. The summed E-state index contributed by atoms with van der Waals surface area (Å²) < 4.78 is 0. The normalized spacial score (nSPS) is 11.9. The molecule has 98 valence electrons. The molecule has 1 N–H and O–H groups in total. The van der Waals surface area contributed by atoms with Gasteiger partial charge in [0.2, 0.25) is 0 Å². The number of rotatable bonds is 2. The summed E-state index contributed by atoms with van der Waals surface area (Å²) in [7, 11) is 0. The first-order chi connectivity index (χ1) is 8.95. The maximum atomic E-state index is 9.20. The summed E-state index contributed by atoms with van der Waals surface area (Å²) in [5.41, 5.74) is 3.39. The highest BCUT2D eigenvalue weighted by molar-refractivity contribution is 5.82. The van der Waals surface area contributed by atoms with Crippen LogP contribution in [-0.2, 0) is 5.41 Å². The highest BCUT2D eigenvalue weighted by Crippen LogP contribution is 2.22. The molecule has 0 heterocycles. The largest absolute Gasteiger partial charge is 0.508 e. The molecular weight excluding hydrogens is 234 g/mol. The van der Waals surface area contributed by atoms with Gasteiger partial charge in [-0.3, -0.25) is 4.99 Å². The highest BCUT2D eigenvalue weighted by Gasteiger charge is 2.12. The summed E-state index contributed by atoms with van der Waals surface area (Å²) in [6.45, 7) is 6.60. The molecule has 0 atom stereocenters. The molecule has 2 aromatic carbocycles. The molecule has 0 bridgehead atoms. The van der Waals surface area contributed by atoms with Gasteiger partial charge in [0.25, 0.3) is 0 Å². The van der Waals surface area contributed by atoms with Crippen LogP contribution >= 0.6 is 0 Å². The predicted molar refractivity (Wildman–Crippen MR) is 80.5 cm³/mol. The number of benzene rings is 2. The van der Waals surface area contributed by atoms with Crippen molar-refractivity contribution in [2.45, 2.75) is 26.2 Å². The van der Waals surface area contributed by atoms with Crippen molar-refractivity contribution >= 4 is 11.9 Å². The third kappa shape index (κ3) is 3.68. The maximum Gasteiger partial charge on any atom is 0.115 e. The molecule has 0 aromatic heterocycles. The molecule has 0 fully saturated rings. The second kappa shape index (κ2) is 5.27. The molecule has 2 heteroatoms. The standard InChI is InChI=1S/C17H19NO/c1-17(2,3)14-6-4-13(5-7-14)12-18-15-8-10-16(19)11-9-15/h4-12,19H,1-3H3. The Bertz CT molecular complexity index is 560. The summed E-state index contributed by atoms with van der Waals surface area (Å²) in [4.78, 5) is 4.37. The van der Waals surface area contributed by atoms with Gasteiger partial charge in [-0.25, -0.2) is 0 Å². The molecule has 0 saturated carbocycles. The first-order valence-electron chi connectivity index (χ1n) is 6.39. The van der Waals surface area contributed by atoms with E-state index in [1.807, 2.05) is 6.21 Å². The van der Waals surface area contributed by atoms with Crippen molar-refractivity contribution in [3.05, 3.63) is 59.7 Å². The number of hydrogen-bond donors (Lipinski definition) is 1. The van der Waals surface area contributed by atoms with Crippen LogP contribution in [0.1, 0.15) is 31.9 Å². The summed E-state index contributed by atoms with van der Waals surface area (Å²) in [5.74, 6) is 0.258. The summed E-state index contributed by atoms with van der Waals surface area (Å²) in [6, 6.07) is 15.3. The van der Waals surface area contributed by atoms with Gasteiger partial charge in [-0.2, -0.15) is 0 Å². The van der Waals surface area contributed by atoms with E-state index in [1.165, 1.54) is 5.56 Å².